The number of nitrogens with zero attached hydrogens (tertiary/aromatic N) is 2. The topological polar surface area (TPSA) is 50.8 Å². The molecule has 1 aromatic rings. The molecule has 4 nitrogen and oxygen atoms in total. The number of aliphatic imine (C=N–C) groups is 1. The van der Waals surface area contributed by atoms with E-state index in [0.717, 1.165) is 25.3 Å². The van der Waals surface area contributed by atoms with E-state index in [1.807, 2.05) is 36.2 Å². The Labute approximate surface area is 103 Å². The fraction of sp³-hybridized carbons (Fsp3) is 0.462. The largest absolute Gasteiger partial charge is 0.497 e. The quantitative estimate of drug-likeness (QED) is 0.626. The van der Waals surface area contributed by atoms with E-state index >= 15 is 0 Å². The molecule has 0 aromatic heterocycles. The Kier molecular flexibility index (Phi) is 5.33. The molecule has 0 saturated heterocycles. The predicted molar refractivity (Wildman–Crippen MR) is 71.2 cm³/mol. The Morgan fingerprint density at radius 2 is 2.00 bits per heavy atom. The minimum absolute atomic E-state index is 0.586. The van der Waals surface area contributed by atoms with Gasteiger partial charge in [-0.15, -0.1) is 0 Å². The van der Waals surface area contributed by atoms with Crippen LogP contribution in [0.3, 0.4) is 0 Å². The van der Waals surface area contributed by atoms with Crippen molar-refractivity contribution in [1.82, 2.24) is 4.90 Å². The number of rotatable bonds is 5. The molecule has 0 amide bonds. The predicted octanol–water partition coefficient (Wildman–Crippen LogP) is 1.85. The molecule has 0 bridgehead atoms. The highest BCUT2D eigenvalue weighted by Crippen LogP contribution is 2.12. The zero-order valence-electron chi connectivity index (χ0n) is 10.8. The Bertz CT molecular complexity index is 359. The van der Waals surface area contributed by atoms with Crippen LogP contribution in [0.1, 0.15) is 18.9 Å². The van der Waals surface area contributed by atoms with Crippen LogP contribution in [0, 0.1) is 0 Å². The smallest absolute Gasteiger partial charge is 0.191 e. The van der Waals surface area contributed by atoms with Gasteiger partial charge in [0.2, 0.25) is 0 Å². The number of hydrogen-bond acceptors (Lipinski definition) is 2. The molecule has 0 fully saturated rings. The molecule has 94 valence electrons. The Balaban J connectivity index is 2.57. The van der Waals surface area contributed by atoms with Gasteiger partial charge < -0.3 is 15.4 Å². The van der Waals surface area contributed by atoms with E-state index in [2.05, 4.69) is 11.9 Å². The monoisotopic (exact) mass is 235 g/mol. The van der Waals surface area contributed by atoms with Crippen LogP contribution in [0.4, 0.5) is 0 Å². The maximum Gasteiger partial charge on any atom is 0.191 e. The molecular weight excluding hydrogens is 214 g/mol. The number of ether oxygens (including phenoxy) is 1. The van der Waals surface area contributed by atoms with E-state index in [1.54, 1.807) is 7.11 Å². The third-order valence-corrected chi connectivity index (χ3v) is 2.47. The van der Waals surface area contributed by atoms with Crippen molar-refractivity contribution in [1.29, 1.82) is 0 Å². The number of benzene rings is 1. The maximum absolute atomic E-state index is 5.86. The fourth-order valence-electron chi connectivity index (χ4n) is 1.43. The second-order valence-electron chi connectivity index (χ2n) is 3.94. The van der Waals surface area contributed by atoms with Crippen molar-refractivity contribution >= 4 is 5.96 Å². The van der Waals surface area contributed by atoms with Crippen molar-refractivity contribution in [2.24, 2.45) is 10.7 Å². The maximum atomic E-state index is 5.86. The summed E-state index contributed by atoms with van der Waals surface area (Å²) in [4.78, 5) is 6.21. The summed E-state index contributed by atoms with van der Waals surface area (Å²) in [5, 5.41) is 0. The Hall–Kier alpha value is -1.71. The van der Waals surface area contributed by atoms with Crippen LogP contribution >= 0.6 is 0 Å². The summed E-state index contributed by atoms with van der Waals surface area (Å²) in [5.74, 6) is 1.45. The lowest BCUT2D eigenvalue weighted by Gasteiger charge is -2.18. The molecule has 0 saturated carbocycles. The zero-order valence-corrected chi connectivity index (χ0v) is 10.8. The lowest BCUT2D eigenvalue weighted by Crippen LogP contribution is -2.33. The third-order valence-electron chi connectivity index (χ3n) is 2.47. The van der Waals surface area contributed by atoms with Gasteiger partial charge in [-0.3, -0.25) is 4.99 Å². The Morgan fingerprint density at radius 3 is 2.53 bits per heavy atom. The van der Waals surface area contributed by atoms with Gasteiger partial charge in [-0.1, -0.05) is 19.1 Å². The SMILES string of the molecule is CCCN=C(N)N(C)Cc1ccc(OC)cc1. The summed E-state index contributed by atoms with van der Waals surface area (Å²) in [6, 6.07) is 7.95. The van der Waals surface area contributed by atoms with Crippen LogP contribution in [0.15, 0.2) is 29.3 Å². The third kappa shape index (κ3) is 4.34. The second kappa shape index (κ2) is 6.78. The first-order chi connectivity index (χ1) is 8.17. The van der Waals surface area contributed by atoms with Crippen molar-refractivity contribution in [3.8, 4) is 5.75 Å². The standard InChI is InChI=1S/C13H21N3O/c1-4-9-15-13(14)16(2)10-11-5-7-12(17-3)8-6-11/h5-8H,4,9-10H2,1-3H3,(H2,14,15). The molecule has 17 heavy (non-hydrogen) atoms. The van der Waals surface area contributed by atoms with E-state index in [4.69, 9.17) is 10.5 Å². The molecule has 0 aliphatic heterocycles. The second-order valence-corrected chi connectivity index (χ2v) is 3.94. The first-order valence-corrected chi connectivity index (χ1v) is 5.81. The van der Waals surface area contributed by atoms with E-state index in [1.165, 1.54) is 5.56 Å². The van der Waals surface area contributed by atoms with Gasteiger partial charge >= 0.3 is 0 Å². The molecule has 0 radical (unpaired) electrons. The van der Waals surface area contributed by atoms with Crippen LogP contribution in [0.2, 0.25) is 0 Å². The normalized spacial score (nSPS) is 11.4. The molecular formula is C13H21N3O. The minimum atomic E-state index is 0.586. The van der Waals surface area contributed by atoms with Gasteiger partial charge in [0.1, 0.15) is 5.75 Å². The van der Waals surface area contributed by atoms with E-state index in [0.29, 0.717) is 5.96 Å². The molecule has 0 atom stereocenters. The molecule has 0 heterocycles. The highest BCUT2D eigenvalue weighted by molar-refractivity contribution is 5.77. The summed E-state index contributed by atoms with van der Waals surface area (Å²) in [5.41, 5.74) is 7.04. The first kappa shape index (κ1) is 13.4. The van der Waals surface area contributed by atoms with Gasteiger partial charge in [0, 0.05) is 20.1 Å². The van der Waals surface area contributed by atoms with Gasteiger partial charge in [-0.2, -0.15) is 0 Å². The van der Waals surface area contributed by atoms with Crippen molar-refractivity contribution < 1.29 is 4.74 Å². The first-order valence-electron chi connectivity index (χ1n) is 5.81. The van der Waals surface area contributed by atoms with Crippen molar-refractivity contribution in [2.75, 3.05) is 20.7 Å². The summed E-state index contributed by atoms with van der Waals surface area (Å²) in [6.07, 6.45) is 1.01. The van der Waals surface area contributed by atoms with Crippen molar-refractivity contribution in [2.45, 2.75) is 19.9 Å². The van der Waals surface area contributed by atoms with Gasteiger partial charge in [0.05, 0.1) is 7.11 Å². The summed E-state index contributed by atoms with van der Waals surface area (Å²) in [6.45, 7) is 3.61. The minimum Gasteiger partial charge on any atom is -0.497 e. The lowest BCUT2D eigenvalue weighted by molar-refractivity contribution is 0.414. The number of nitrogens with two attached hydrogens (primary N) is 1. The molecule has 0 aliphatic rings. The van der Waals surface area contributed by atoms with Crippen LogP contribution in [-0.4, -0.2) is 31.6 Å². The highest BCUT2D eigenvalue weighted by atomic mass is 16.5. The zero-order chi connectivity index (χ0) is 12.7. The summed E-state index contributed by atoms with van der Waals surface area (Å²) < 4.78 is 5.11. The number of guanidine groups is 1. The molecule has 4 heteroatoms. The Morgan fingerprint density at radius 1 is 1.35 bits per heavy atom. The van der Waals surface area contributed by atoms with Crippen LogP contribution < -0.4 is 10.5 Å². The molecule has 2 N–H and O–H groups in total. The fourth-order valence-corrected chi connectivity index (χ4v) is 1.43. The van der Waals surface area contributed by atoms with Crippen molar-refractivity contribution in [3.63, 3.8) is 0 Å². The average Bonchev–Trinajstić information content (AvgIpc) is 2.36. The van der Waals surface area contributed by atoms with Gasteiger partial charge in [0.25, 0.3) is 0 Å². The van der Waals surface area contributed by atoms with Gasteiger partial charge in [0.15, 0.2) is 5.96 Å². The van der Waals surface area contributed by atoms with E-state index < -0.39 is 0 Å². The average molecular weight is 235 g/mol. The number of methoxy groups -OCH3 is 1. The molecule has 0 unspecified atom stereocenters. The van der Waals surface area contributed by atoms with Crippen LogP contribution in [0.5, 0.6) is 5.75 Å². The molecule has 1 aromatic carbocycles. The van der Waals surface area contributed by atoms with E-state index in [9.17, 15) is 0 Å². The number of hydrogen-bond donors (Lipinski definition) is 1. The lowest BCUT2D eigenvalue weighted by atomic mass is 10.2. The molecule has 0 spiro atoms. The van der Waals surface area contributed by atoms with E-state index in [-0.39, 0.29) is 0 Å². The van der Waals surface area contributed by atoms with Crippen LogP contribution in [-0.2, 0) is 6.54 Å². The summed E-state index contributed by atoms with van der Waals surface area (Å²) >= 11 is 0. The summed E-state index contributed by atoms with van der Waals surface area (Å²) in [7, 11) is 3.61. The van der Waals surface area contributed by atoms with Gasteiger partial charge in [-0.05, 0) is 24.1 Å². The highest BCUT2D eigenvalue weighted by Gasteiger charge is 2.02. The van der Waals surface area contributed by atoms with Crippen LogP contribution in [0.25, 0.3) is 0 Å². The van der Waals surface area contributed by atoms with Crippen molar-refractivity contribution in [3.05, 3.63) is 29.8 Å². The molecule has 0 aliphatic carbocycles. The molecule has 1 rings (SSSR count). The van der Waals surface area contributed by atoms with Gasteiger partial charge in [-0.25, -0.2) is 0 Å².